The van der Waals surface area contributed by atoms with E-state index in [2.05, 4.69) is 26.0 Å². The van der Waals surface area contributed by atoms with Gasteiger partial charge in [-0.25, -0.2) is 9.13 Å². The van der Waals surface area contributed by atoms with E-state index in [-0.39, 0.29) is 32.1 Å². The molecule has 0 aromatic heterocycles. The molecule has 0 saturated carbocycles. The van der Waals surface area contributed by atoms with Crippen molar-refractivity contribution >= 4 is 27.5 Å². The zero-order chi connectivity index (χ0) is 35.6. The van der Waals surface area contributed by atoms with Gasteiger partial charge in [0.15, 0.2) is 12.5 Å². The van der Waals surface area contributed by atoms with Crippen LogP contribution in [0.3, 0.4) is 0 Å². The van der Waals surface area contributed by atoms with Crippen molar-refractivity contribution in [3.8, 4) is 0 Å². The highest BCUT2D eigenvalue weighted by Crippen LogP contribution is 2.61. The lowest BCUT2D eigenvalue weighted by atomic mass is 9.97. The summed E-state index contributed by atoms with van der Waals surface area (Å²) in [6, 6.07) is -1.76. The summed E-state index contributed by atoms with van der Waals surface area (Å²) in [5.74, 6) is -1.31. The molecule has 3 aliphatic rings. The fraction of sp³-hybridized carbons (Fsp3) is 0.750. The van der Waals surface area contributed by atoms with Crippen LogP contribution in [0, 0.1) is 0 Å². The van der Waals surface area contributed by atoms with E-state index < -0.39 is 95.9 Å². The molecular weight excluding hydrogens is 696 g/mol. The topological polar surface area (TPSA) is 311 Å². The van der Waals surface area contributed by atoms with E-state index in [0.717, 1.165) is 11.0 Å². The number of amides is 2. The van der Waals surface area contributed by atoms with Gasteiger partial charge < -0.3 is 74.5 Å². The second kappa shape index (κ2) is 18.4. The van der Waals surface area contributed by atoms with Gasteiger partial charge in [-0.3, -0.25) is 18.6 Å². The van der Waals surface area contributed by atoms with Crippen LogP contribution in [-0.2, 0) is 55.8 Å². The molecule has 3 aliphatic heterocycles. The monoisotopic (exact) mass is 737 g/mol. The van der Waals surface area contributed by atoms with E-state index in [1.165, 1.54) is 13.3 Å². The van der Waals surface area contributed by atoms with Gasteiger partial charge in [0, 0.05) is 25.8 Å². The lowest BCUT2D eigenvalue weighted by molar-refractivity contribution is -0.248. The summed E-state index contributed by atoms with van der Waals surface area (Å²) in [6.07, 6.45) is -11.6. The number of rotatable bonds is 19. The second-order valence-corrected chi connectivity index (χ2v) is 13.4. The normalized spacial score (nSPS) is 33.2. The summed E-state index contributed by atoms with van der Waals surface area (Å²) in [5.41, 5.74) is 0. The van der Waals surface area contributed by atoms with E-state index >= 15 is 0 Å². The van der Waals surface area contributed by atoms with Gasteiger partial charge in [-0.1, -0.05) is 6.58 Å². The van der Waals surface area contributed by atoms with Crippen LogP contribution in [0.4, 0.5) is 0 Å². The van der Waals surface area contributed by atoms with Crippen molar-refractivity contribution in [3.63, 3.8) is 0 Å². The third-order valence-electron chi connectivity index (χ3n) is 6.91. The van der Waals surface area contributed by atoms with E-state index in [1.807, 2.05) is 0 Å². The van der Waals surface area contributed by atoms with E-state index in [1.54, 1.807) is 0 Å². The fourth-order valence-electron chi connectivity index (χ4n) is 4.51. The zero-order valence-corrected chi connectivity index (χ0v) is 27.4. The average molecular weight is 738 g/mol. The molecule has 2 fully saturated rings. The molecule has 24 heteroatoms. The first-order chi connectivity index (χ1) is 22.6. The van der Waals surface area contributed by atoms with Crippen LogP contribution < -0.4 is 10.6 Å². The Hall–Kier alpha value is -1.92. The number of methoxy groups -OCH3 is 1. The molecule has 2 amide bonds. The maximum atomic E-state index is 12.8. The number of aliphatic hydroxyl groups excluding tert-OH is 5. The van der Waals surface area contributed by atoms with E-state index in [0.29, 0.717) is 13.2 Å². The third-order valence-corrected chi connectivity index (χ3v) is 9.51. The molecule has 0 aliphatic carbocycles. The van der Waals surface area contributed by atoms with Crippen LogP contribution in [0.2, 0.25) is 0 Å². The van der Waals surface area contributed by atoms with Crippen molar-refractivity contribution in [3.05, 3.63) is 24.7 Å². The number of hydrogen-bond acceptors (Lipinski definition) is 18. The summed E-state index contributed by atoms with van der Waals surface area (Å²) < 4.78 is 65.1. The minimum absolute atomic E-state index is 0.0109. The summed E-state index contributed by atoms with van der Waals surface area (Å²) in [7, 11) is -9.70. The number of phosphoric acid groups is 2. The highest BCUT2D eigenvalue weighted by molar-refractivity contribution is 7.61. The Labute approximate surface area is 273 Å². The Morgan fingerprint density at radius 3 is 2.27 bits per heavy atom. The smallest absolute Gasteiger partial charge is 0.394 e. The fourth-order valence-corrected chi connectivity index (χ4v) is 6.67. The molecule has 11 atom stereocenters. The number of hydrogen-bond donors (Lipinski definition) is 9. The van der Waals surface area contributed by atoms with Gasteiger partial charge >= 0.3 is 15.6 Å². The molecule has 3 rings (SSSR count). The first-order valence-corrected chi connectivity index (χ1v) is 17.3. The predicted molar refractivity (Wildman–Crippen MR) is 155 cm³/mol. The summed E-state index contributed by atoms with van der Waals surface area (Å²) >= 11 is 0. The van der Waals surface area contributed by atoms with Crippen LogP contribution in [0.1, 0.15) is 6.42 Å². The van der Waals surface area contributed by atoms with Gasteiger partial charge in [-0.05, 0) is 0 Å². The van der Waals surface area contributed by atoms with Gasteiger partial charge in [-0.2, -0.15) is 4.31 Å². The third kappa shape index (κ3) is 11.6. The van der Waals surface area contributed by atoms with Crippen molar-refractivity contribution in [2.75, 3.05) is 53.4 Å². The lowest BCUT2D eigenvalue weighted by Gasteiger charge is -2.42. The molecule has 0 bridgehead atoms. The van der Waals surface area contributed by atoms with Crippen molar-refractivity contribution in [1.29, 1.82) is 0 Å². The molecule has 276 valence electrons. The molecule has 0 spiro atoms. The number of aliphatic hydroxyl groups is 5. The number of nitrogens with zero attached hydrogens (tertiary/aromatic N) is 1. The van der Waals surface area contributed by atoms with Crippen LogP contribution in [-0.4, -0.2) is 161 Å². The molecular formula is C24H41N3O19P2. The Morgan fingerprint density at radius 1 is 0.979 bits per heavy atom. The first kappa shape index (κ1) is 40.5. The molecule has 0 aromatic carbocycles. The van der Waals surface area contributed by atoms with Crippen molar-refractivity contribution in [2.45, 2.75) is 61.6 Å². The number of nitrogens with one attached hydrogen (secondary N) is 2. The number of carbonyl (C=O) groups excluding carboxylic acids is 2. The minimum atomic E-state index is -5.68. The highest BCUT2D eigenvalue weighted by Gasteiger charge is 2.51. The molecule has 48 heavy (non-hydrogen) atoms. The number of ether oxygens (including phenoxy) is 5. The van der Waals surface area contributed by atoms with Gasteiger partial charge in [0.1, 0.15) is 48.5 Å². The standard InChI is InChI=1S/C24H41N3O19P2/c1-13-25-16(29)3-5-27(13)23-22(34)20(32)15(43-23)12-42-47(35,36)46-48(37,38)45-24-18(21(33)19(31)14(11-28)44-24)26-17(30)4-6-40-9-10-41-8-7-39-2/h3,5,14-15,18-24,28,31-34H,1,4,6-12H2,2H3,(H,25,29)(H,26,30)(H,35,36)(H,37,38)/t14?,15?,18-,19-,20?,21?,22?,23?,24+/m0/s1. The zero-order valence-electron chi connectivity index (χ0n) is 25.6. The van der Waals surface area contributed by atoms with Crippen LogP contribution in [0.15, 0.2) is 24.7 Å². The largest absolute Gasteiger partial charge is 0.483 e. The molecule has 3 heterocycles. The maximum absolute atomic E-state index is 12.8. The van der Waals surface area contributed by atoms with Gasteiger partial charge in [0.2, 0.25) is 5.91 Å². The predicted octanol–water partition coefficient (Wildman–Crippen LogP) is -3.91. The summed E-state index contributed by atoms with van der Waals surface area (Å²) in [4.78, 5) is 45.5. The van der Waals surface area contributed by atoms with Crippen LogP contribution in [0.25, 0.3) is 0 Å². The SMILES string of the molecule is C=C1NC(=O)C=CN1C1OC(COP(=O)(O)OP(=O)(O)O[C@H]2OC(CO)[C@H](O)C(O)[C@@H]2NC(=O)CCOCCOCCOC)C(O)C1O. The van der Waals surface area contributed by atoms with Crippen molar-refractivity contribution in [1.82, 2.24) is 15.5 Å². The highest BCUT2D eigenvalue weighted by atomic mass is 31.3. The number of phosphoric ester groups is 2. The lowest BCUT2D eigenvalue weighted by Crippen LogP contribution is -2.64. The quantitative estimate of drug-likeness (QED) is 0.0452. The average Bonchev–Trinajstić information content (AvgIpc) is 3.29. The van der Waals surface area contributed by atoms with E-state index in [4.69, 9.17) is 28.2 Å². The Bertz CT molecular complexity index is 1230. The molecule has 9 N–H and O–H groups in total. The van der Waals surface area contributed by atoms with Crippen LogP contribution >= 0.6 is 15.6 Å². The maximum Gasteiger partial charge on any atom is 0.483 e. The molecule has 0 radical (unpaired) electrons. The van der Waals surface area contributed by atoms with Crippen LogP contribution in [0.5, 0.6) is 0 Å². The summed E-state index contributed by atoms with van der Waals surface area (Å²) in [5, 5.41) is 55.7. The minimum Gasteiger partial charge on any atom is -0.394 e. The Balaban J connectivity index is 1.56. The van der Waals surface area contributed by atoms with Gasteiger partial charge in [0.05, 0.1) is 46.2 Å². The molecule has 0 aromatic rings. The van der Waals surface area contributed by atoms with Crippen molar-refractivity contribution < 1.29 is 91.1 Å². The Morgan fingerprint density at radius 2 is 1.62 bits per heavy atom. The first-order valence-electron chi connectivity index (χ1n) is 14.3. The Kier molecular flexibility index (Phi) is 15.5. The molecule has 22 nitrogen and oxygen atoms in total. The van der Waals surface area contributed by atoms with E-state index in [9.17, 15) is 54.0 Å². The van der Waals surface area contributed by atoms with Crippen molar-refractivity contribution in [2.24, 2.45) is 0 Å². The van der Waals surface area contributed by atoms with Gasteiger partial charge in [0.25, 0.3) is 5.91 Å². The molecule has 8 unspecified atom stereocenters. The van der Waals surface area contributed by atoms with Gasteiger partial charge in [-0.15, -0.1) is 0 Å². The molecule has 2 saturated heterocycles. The number of carbonyl (C=O) groups is 2. The summed E-state index contributed by atoms with van der Waals surface area (Å²) in [6.45, 7) is 2.68. The second-order valence-electron chi connectivity index (χ2n) is 10.4.